The smallest absolute Gasteiger partial charge is 0.135 e. The van der Waals surface area contributed by atoms with Gasteiger partial charge < -0.3 is 9.97 Å². The Bertz CT molecular complexity index is 1160. The molecule has 0 aromatic carbocycles. The summed E-state index contributed by atoms with van der Waals surface area (Å²) in [5, 5.41) is 12.1. The van der Waals surface area contributed by atoms with E-state index in [1.165, 1.54) is 6.33 Å². The van der Waals surface area contributed by atoms with Gasteiger partial charge in [0.1, 0.15) is 6.33 Å². The second-order valence-electron chi connectivity index (χ2n) is 6.47. The second kappa shape index (κ2) is 7.35. The number of hydrogen-bond donors (Lipinski definition) is 3. The molecule has 0 amide bonds. The summed E-state index contributed by atoms with van der Waals surface area (Å²) in [4.78, 5) is 16.0. The van der Waals surface area contributed by atoms with Crippen molar-refractivity contribution in [1.82, 2.24) is 40.6 Å². The Morgan fingerprint density at radius 3 is 1.24 bits per heavy atom. The lowest BCUT2D eigenvalue weighted by molar-refractivity contribution is 0.881. The molecule has 8 bridgehead atoms. The molecule has 140 valence electrons. The molecule has 6 rings (SSSR count). The molecule has 2 aliphatic rings. The summed E-state index contributed by atoms with van der Waals surface area (Å²) in [7, 11) is 0. The quantitative estimate of drug-likeness (QED) is 0.370. The van der Waals surface area contributed by atoms with Gasteiger partial charge >= 0.3 is 0 Å². The van der Waals surface area contributed by atoms with E-state index < -0.39 is 0 Å². The van der Waals surface area contributed by atoms with Crippen molar-refractivity contribution >= 4 is 46.4 Å². The standard InChI is InChI=1S/C20H14N4.CH2N4/c1-2-14-10-16-5-6-18(23-16)12-20-8-7-19(24-20)11-17-4-3-15(22-17)9-13(1)21-14;1-2-4-5-3-1/h1-12,21,24H;1H,(H,2,3,4,5). The van der Waals surface area contributed by atoms with Crippen LogP contribution in [0, 0.1) is 0 Å². The zero-order valence-corrected chi connectivity index (χ0v) is 15.2. The SMILES string of the molecule is C1=Cc2cc3ccc(cc4nc(cc5ccc(cc1n2)[nH]5)C=C4)[nH]3.c1nnn[nH]1. The maximum absolute atomic E-state index is 4.63. The van der Waals surface area contributed by atoms with Gasteiger partial charge in [-0.1, -0.05) is 0 Å². The molecule has 0 saturated carbocycles. The van der Waals surface area contributed by atoms with Gasteiger partial charge in [-0.25, -0.2) is 15.1 Å². The van der Waals surface area contributed by atoms with E-state index in [2.05, 4.69) is 64.8 Å². The molecule has 4 aromatic rings. The van der Waals surface area contributed by atoms with Gasteiger partial charge in [-0.15, -0.1) is 5.10 Å². The minimum atomic E-state index is 0.939. The maximum Gasteiger partial charge on any atom is 0.135 e. The Labute approximate surface area is 165 Å². The average molecular weight is 380 g/mol. The van der Waals surface area contributed by atoms with Crippen molar-refractivity contribution in [2.24, 2.45) is 0 Å². The zero-order valence-electron chi connectivity index (χ0n) is 15.2. The number of fused-ring (bicyclic) bond motifs is 8. The molecule has 0 unspecified atom stereocenters. The van der Waals surface area contributed by atoms with Crippen LogP contribution in [-0.2, 0) is 0 Å². The van der Waals surface area contributed by atoms with Crippen molar-refractivity contribution in [1.29, 1.82) is 0 Å². The van der Waals surface area contributed by atoms with Crippen LogP contribution in [0.2, 0.25) is 0 Å². The highest BCUT2D eigenvalue weighted by Gasteiger charge is 2.01. The molecule has 4 aromatic heterocycles. The Kier molecular flexibility index (Phi) is 4.26. The number of aromatic nitrogens is 8. The number of nitrogens with zero attached hydrogens (tertiary/aromatic N) is 5. The van der Waals surface area contributed by atoms with Crippen molar-refractivity contribution < 1.29 is 0 Å². The topological polar surface area (TPSA) is 112 Å². The summed E-state index contributed by atoms with van der Waals surface area (Å²) in [5.74, 6) is 0. The van der Waals surface area contributed by atoms with E-state index in [-0.39, 0.29) is 0 Å². The van der Waals surface area contributed by atoms with E-state index in [4.69, 9.17) is 0 Å². The minimum Gasteiger partial charge on any atom is -0.355 e. The Balaban J connectivity index is 0.000000319. The van der Waals surface area contributed by atoms with Crippen molar-refractivity contribution in [3.8, 4) is 0 Å². The number of aromatic amines is 3. The first-order valence-corrected chi connectivity index (χ1v) is 9.02. The highest BCUT2D eigenvalue weighted by atomic mass is 15.5. The van der Waals surface area contributed by atoms with Gasteiger partial charge in [0.2, 0.25) is 0 Å². The second-order valence-corrected chi connectivity index (χ2v) is 6.47. The zero-order chi connectivity index (χ0) is 19.5. The van der Waals surface area contributed by atoms with E-state index in [1.807, 2.05) is 48.6 Å². The molecule has 0 atom stereocenters. The lowest BCUT2D eigenvalue weighted by atomic mass is 10.3. The lowest BCUT2D eigenvalue weighted by Gasteiger charge is -1.85. The van der Waals surface area contributed by atoms with Crippen molar-refractivity contribution in [2.75, 3.05) is 0 Å². The lowest BCUT2D eigenvalue weighted by Crippen LogP contribution is -1.75. The Morgan fingerprint density at radius 2 is 0.966 bits per heavy atom. The molecule has 0 aliphatic carbocycles. The largest absolute Gasteiger partial charge is 0.355 e. The maximum atomic E-state index is 4.63. The van der Waals surface area contributed by atoms with Crippen LogP contribution in [0.5, 0.6) is 0 Å². The van der Waals surface area contributed by atoms with Crippen molar-refractivity contribution in [2.45, 2.75) is 0 Å². The molecule has 0 radical (unpaired) electrons. The predicted molar refractivity (Wildman–Crippen MR) is 113 cm³/mol. The first-order chi connectivity index (χ1) is 14.3. The number of hydrogen-bond acceptors (Lipinski definition) is 5. The Hall–Kier alpha value is -4.33. The van der Waals surface area contributed by atoms with Gasteiger partial charge in [-0.3, -0.25) is 0 Å². The van der Waals surface area contributed by atoms with E-state index in [9.17, 15) is 0 Å². The third-order valence-electron chi connectivity index (χ3n) is 4.31. The van der Waals surface area contributed by atoms with Crippen LogP contribution in [0.25, 0.3) is 46.4 Å². The third-order valence-corrected chi connectivity index (χ3v) is 4.31. The van der Waals surface area contributed by atoms with Gasteiger partial charge in [-0.2, -0.15) is 0 Å². The van der Waals surface area contributed by atoms with E-state index >= 15 is 0 Å². The van der Waals surface area contributed by atoms with Gasteiger partial charge in [0.05, 0.1) is 22.8 Å². The summed E-state index contributed by atoms with van der Waals surface area (Å²) in [6, 6.07) is 16.4. The predicted octanol–water partition coefficient (Wildman–Crippen LogP) is 3.86. The molecule has 0 fully saturated rings. The molecular formula is C21H16N8. The highest BCUT2D eigenvalue weighted by molar-refractivity contribution is 5.77. The number of nitrogens with one attached hydrogen (secondary N) is 3. The summed E-state index contributed by atoms with van der Waals surface area (Å²) < 4.78 is 0. The number of rotatable bonds is 0. The van der Waals surface area contributed by atoms with E-state index in [0.717, 1.165) is 44.8 Å². The fraction of sp³-hybridized carbons (Fsp3) is 0. The molecule has 6 heterocycles. The van der Waals surface area contributed by atoms with Crippen LogP contribution in [0.15, 0.2) is 54.9 Å². The molecule has 2 aliphatic heterocycles. The van der Waals surface area contributed by atoms with Gasteiger partial charge in [0.25, 0.3) is 0 Å². The van der Waals surface area contributed by atoms with Crippen LogP contribution in [0.1, 0.15) is 22.8 Å². The Morgan fingerprint density at radius 1 is 0.552 bits per heavy atom. The third kappa shape index (κ3) is 4.01. The fourth-order valence-electron chi connectivity index (χ4n) is 3.07. The van der Waals surface area contributed by atoms with Gasteiger partial charge in [0.15, 0.2) is 0 Å². The normalized spacial score (nSPS) is 11.9. The van der Waals surface area contributed by atoms with Crippen LogP contribution in [0.3, 0.4) is 0 Å². The van der Waals surface area contributed by atoms with Crippen LogP contribution >= 0.6 is 0 Å². The van der Waals surface area contributed by atoms with Crippen molar-refractivity contribution in [3.05, 3.63) is 77.6 Å². The van der Waals surface area contributed by atoms with Crippen molar-refractivity contribution in [3.63, 3.8) is 0 Å². The molecule has 0 spiro atoms. The van der Waals surface area contributed by atoms with Crippen LogP contribution < -0.4 is 0 Å². The first kappa shape index (κ1) is 16.8. The fourth-order valence-corrected chi connectivity index (χ4v) is 3.07. The number of H-pyrrole nitrogens is 3. The number of tetrazole rings is 1. The summed E-state index contributed by atoms with van der Waals surface area (Å²) in [6.45, 7) is 0. The summed E-state index contributed by atoms with van der Waals surface area (Å²) in [5.41, 5.74) is 7.86. The van der Waals surface area contributed by atoms with Crippen LogP contribution in [0.4, 0.5) is 0 Å². The molecule has 29 heavy (non-hydrogen) atoms. The van der Waals surface area contributed by atoms with E-state index in [1.54, 1.807) is 0 Å². The monoisotopic (exact) mass is 380 g/mol. The minimum absolute atomic E-state index is 0.939. The average Bonchev–Trinajstić information content (AvgIpc) is 3.50. The van der Waals surface area contributed by atoms with Gasteiger partial charge in [0, 0.05) is 22.1 Å². The van der Waals surface area contributed by atoms with Gasteiger partial charge in [-0.05, 0) is 83.3 Å². The summed E-state index contributed by atoms with van der Waals surface area (Å²) in [6.07, 6.45) is 9.49. The van der Waals surface area contributed by atoms with E-state index in [0.29, 0.717) is 0 Å². The summed E-state index contributed by atoms with van der Waals surface area (Å²) >= 11 is 0. The highest BCUT2D eigenvalue weighted by Crippen LogP contribution is 2.16. The molecule has 8 nitrogen and oxygen atoms in total. The molecule has 0 saturated heterocycles. The van der Waals surface area contributed by atoms with Crippen LogP contribution in [-0.4, -0.2) is 40.6 Å². The first-order valence-electron chi connectivity index (χ1n) is 9.02. The molecule has 3 N–H and O–H groups in total. The molecular weight excluding hydrogens is 364 g/mol. The molecule has 8 heteroatoms.